The largest absolute Gasteiger partial charge is 0.497 e. The fourth-order valence-electron chi connectivity index (χ4n) is 3.96. The zero-order valence-electron chi connectivity index (χ0n) is 18.1. The summed E-state index contributed by atoms with van der Waals surface area (Å²) in [6.07, 6.45) is 3.19. The number of oxazole rings is 1. The molecule has 0 aliphatic carbocycles. The highest BCUT2D eigenvalue weighted by Gasteiger charge is 2.25. The second-order valence-electron chi connectivity index (χ2n) is 7.63. The van der Waals surface area contributed by atoms with Gasteiger partial charge in [0.1, 0.15) is 11.4 Å². The number of ketones is 1. The number of fused-ring (bicyclic) bond motifs is 1. The maximum absolute atomic E-state index is 13.6. The molecule has 0 amide bonds. The first-order chi connectivity index (χ1) is 16.0. The molecule has 3 aromatic heterocycles. The Bertz CT molecular complexity index is 1450. The van der Waals surface area contributed by atoms with Crippen molar-refractivity contribution < 1.29 is 13.9 Å². The maximum atomic E-state index is 13.6. The number of halogens is 1. The van der Waals surface area contributed by atoms with Crippen LogP contribution in [0.2, 0.25) is 5.02 Å². The lowest BCUT2D eigenvalue weighted by Crippen LogP contribution is -2.06. The summed E-state index contributed by atoms with van der Waals surface area (Å²) in [7, 11) is 1.60. The number of benzene rings is 2. The van der Waals surface area contributed by atoms with Crippen molar-refractivity contribution in [1.29, 1.82) is 0 Å². The molecule has 6 nitrogen and oxygen atoms in total. The van der Waals surface area contributed by atoms with Crippen molar-refractivity contribution in [2.24, 2.45) is 0 Å². The molecule has 0 radical (unpaired) electrons. The van der Waals surface area contributed by atoms with E-state index in [1.54, 1.807) is 13.3 Å². The maximum Gasteiger partial charge on any atom is 0.268 e. The summed E-state index contributed by atoms with van der Waals surface area (Å²) in [5.41, 5.74) is 3.96. The zero-order chi connectivity index (χ0) is 22.9. The molecule has 0 saturated carbocycles. The van der Waals surface area contributed by atoms with Crippen LogP contribution in [0.1, 0.15) is 27.5 Å². The summed E-state index contributed by atoms with van der Waals surface area (Å²) in [5, 5.41) is 1.46. The Kier molecular flexibility index (Phi) is 5.44. The van der Waals surface area contributed by atoms with Gasteiger partial charge in [0.15, 0.2) is 5.76 Å². The van der Waals surface area contributed by atoms with Gasteiger partial charge in [0, 0.05) is 34.4 Å². The number of methoxy groups -OCH3 is 1. The molecule has 0 atom stereocenters. The minimum atomic E-state index is -0.289. The van der Waals surface area contributed by atoms with E-state index >= 15 is 0 Å². The van der Waals surface area contributed by atoms with Crippen LogP contribution in [0.25, 0.3) is 22.4 Å². The highest BCUT2D eigenvalue weighted by atomic mass is 35.5. The number of hydrogen-bond acceptors (Lipinski definition) is 5. The molecule has 0 N–H and O–H groups in total. The number of rotatable bonds is 6. The van der Waals surface area contributed by atoms with Crippen LogP contribution in [0.15, 0.2) is 77.5 Å². The van der Waals surface area contributed by atoms with Gasteiger partial charge in [-0.05, 0) is 55.0 Å². The van der Waals surface area contributed by atoms with Crippen molar-refractivity contribution in [3.8, 4) is 17.2 Å². The summed E-state index contributed by atoms with van der Waals surface area (Å²) in [5.74, 6) is 0.843. The van der Waals surface area contributed by atoms with Crippen LogP contribution in [-0.2, 0) is 6.54 Å². The van der Waals surface area contributed by atoms with E-state index in [9.17, 15) is 4.79 Å². The molecule has 33 heavy (non-hydrogen) atoms. The molecule has 164 valence electrons. The first-order valence-electron chi connectivity index (χ1n) is 10.4. The average molecular weight is 458 g/mol. The first kappa shape index (κ1) is 21.0. The van der Waals surface area contributed by atoms with E-state index in [2.05, 4.69) is 14.5 Å². The Labute approximate surface area is 195 Å². The topological polar surface area (TPSA) is 70.2 Å². The van der Waals surface area contributed by atoms with Crippen LogP contribution in [0.4, 0.5) is 0 Å². The molecular formula is C26H20ClN3O3. The van der Waals surface area contributed by atoms with Crippen LogP contribution in [0.5, 0.6) is 5.75 Å². The van der Waals surface area contributed by atoms with Crippen LogP contribution >= 0.6 is 11.6 Å². The Morgan fingerprint density at radius 2 is 1.91 bits per heavy atom. The van der Waals surface area contributed by atoms with Gasteiger partial charge < -0.3 is 13.7 Å². The molecule has 0 aliphatic heterocycles. The molecule has 0 unspecified atom stereocenters. The SMILES string of the molecule is COc1ccc2c(c1)c(C(=O)c1ncc(-c3ccccn3)o1)c(C)n2Cc1ccc(Cl)cc1. The molecule has 0 bridgehead atoms. The summed E-state index contributed by atoms with van der Waals surface area (Å²) < 4.78 is 13.3. The van der Waals surface area contributed by atoms with Gasteiger partial charge in [-0.1, -0.05) is 29.8 Å². The van der Waals surface area contributed by atoms with Gasteiger partial charge >= 0.3 is 0 Å². The third-order valence-electron chi connectivity index (χ3n) is 5.63. The fourth-order valence-corrected chi connectivity index (χ4v) is 4.09. The van der Waals surface area contributed by atoms with Gasteiger partial charge in [-0.2, -0.15) is 0 Å². The van der Waals surface area contributed by atoms with E-state index in [1.165, 1.54) is 6.20 Å². The summed E-state index contributed by atoms with van der Waals surface area (Å²) in [6, 6.07) is 18.9. The molecule has 7 heteroatoms. The van der Waals surface area contributed by atoms with E-state index in [0.29, 0.717) is 34.3 Å². The van der Waals surface area contributed by atoms with Gasteiger partial charge in [-0.3, -0.25) is 9.78 Å². The van der Waals surface area contributed by atoms with Crippen molar-refractivity contribution >= 4 is 28.3 Å². The quantitative estimate of drug-likeness (QED) is 0.295. The van der Waals surface area contributed by atoms with Crippen LogP contribution in [-0.4, -0.2) is 27.4 Å². The normalized spacial score (nSPS) is 11.1. The second-order valence-corrected chi connectivity index (χ2v) is 8.07. The highest BCUT2D eigenvalue weighted by molar-refractivity contribution is 6.30. The first-order valence-corrected chi connectivity index (χ1v) is 10.8. The van der Waals surface area contributed by atoms with Gasteiger partial charge in [0.25, 0.3) is 5.89 Å². The molecule has 0 spiro atoms. The van der Waals surface area contributed by atoms with Crippen molar-refractivity contribution in [1.82, 2.24) is 14.5 Å². The summed E-state index contributed by atoms with van der Waals surface area (Å²) in [4.78, 5) is 22.1. The number of hydrogen-bond donors (Lipinski definition) is 0. The molecule has 5 aromatic rings. The molecular weight excluding hydrogens is 438 g/mol. The predicted octanol–water partition coefficient (Wildman–Crippen LogP) is 5.94. The van der Waals surface area contributed by atoms with Crippen molar-refractivity contribution in [2.45, 2.75) is 13.5 Å². The number of carbonyl (C=O) groups is 1. The van der Waals surface area contributed by atoms with Gasteiger partial charge in [0.05, 0.1) is 18.9 Å². The third-order valence-corrected chi connectivity index (χ3v) is 5.88. The van der Waals surface area contributed by atoms with E-state index in [0.717, 1.165) is 22.2 Å². The van der Waals surface area contributed by atoms with Crippen LogP contribution < -0.4 is 4.74 Å². The van der Waals surface area contributed by atoms with E-state index in [4.69, 9.17) is 20.8 Å². The van der Waals surface area contributed by atoms with Crippen molar-refractivity contribution in [3.63, 3.8) is 0 Å². The lowest BCUT2D eigenvalue weighted by molar-refractivity contribution is 0.100. The van der Waals surface area contributed by atoms with Gasteiger partial charge in [-0.25, -0.2) is 4.98 Å². The van der Waals surface area contributed by atoms with E-state index < -0.39 is 0 Å². The number of ether oxygens (including phenoxy) is 1. The molecule has 5 rings (SSSR count). The highest BCUT2D eigenvalue weighted by Crippen LogP contribution is 2.32. The molecule has 0 aliphatic rings. The van der Waals surface area contributed by atoms with Crippen LogP contribution in [0, 0.1) is 6.92 Å². The lowest BCUT2D eigenvalue weighted by Gasteiger charge is -2.09. The lowest BCUT2D eigenvalue weighted by atomic mass is 10.1. The summed E-state index contributed by atoms with van der Waals surface area (Å²) in [6.45, 7) is 2.52. The minimum absolute atomic E-state index is 0.0205. The predicted molar refractivity (Wildman–Crippen MR) is 127 cm³/mol. The van der Waals surface area contributed by atoms with Gasteiger partial charge in [0.2, 0.25) is 5.78 Å². The summed E-state index contributed by atoms with van der Waals surface area (Å²) >= 11 is 6.05. The fraction of sp³-hybridized carbons (Fsp3) is 0.115. The third kappa shape index (κ3) is 3.90. The minimum Gasteiger partial charge on any atom is -0.497 e. The molecule has 0 saturated heterocycles. The zero-order valence-corrected chi connectivity index (χ0v) is 18.8. The van der Waals surface area contributed by atoms with Crippen molar-refractivity contribution in [2.75, 3.05) is 7.11 Å². The number of carbonyl (C=O) groups excluding carboxylic acids is 1. The monoisotopic (exact) mass is 457 g/mol. The van der Waals surface area contributed by atoms with E-state index in [1.807, 2.05) is 67.6 Å². The van der Waals surface area contributed by atoms with Crippen molar-refractivity contribution in [3.05, 3.63) is 101 Å². The van der Waals surface area contributed by atoms with E-state index in [-0.39, 0.29) is 11.7 Å². The Morgan fingerprint density at radius 3 is 2.64 bits per heavy atom. The standard InChI is InChI=1S/C26H20ClN3O3/c1-16-24(25(31)26-29-14-23(33-26)21-5-3-4-12-28-21)20-13-19(32-2)10-11-22(20)30(16)15-17-6-8-18(27)9-7-17/h3-14H,15H2,1-2H3. The second kappa shape index (κ2) is 8.56. The van der Waals surface area contributed by atoms with Crippen LogP contribution in [0.3, 0.4) is 0 Å². The Balaban J connectivity index is 1.61. The number of nitrogens with zero attached hydrogens (tertiary/aromatic N) is 3. The Morgan fingerprint density at radius 1 is 1.09 bits per heavy atom. The average Bonchev–Trinajstić information content (AvgIpc) is 3.44. The smallest absolute Gasteiger partial charge is 0.268 e. The number of pyridine rings is 1. The molecule has 3 heterocycles. The Hall–Kier alpha value is -3.90. The molecule has 0 fully saturated rings. The van der Waals surface area contributed by atoms with Gasteiger partial charge in [-0.15, -0.1) is 0 Å². The number of aromatic nitrogens is 3. The molecule has 2 aromatic carbocycles.